The van der Waals surface area contributed by atoms with Gasteiger partial charge in [-0.3, -0.25) is 4.98 Å². The van der Waals surface area contributed by atoms with Crippen LogP contribution < -0.4 is 10.6 Å². The number of hydrogen-bond acceptors (Lipinski definition) is 3. The fourth-order valence-electron chi connectivity index (χ4n) is 1.17. The van der Waals surface area contributed by atoms with Crippen LogP contribution in [0.15, 0.2) is 18.3 Å². The zero-order valence-corrected chi connectivity index (χ0v) is 9.36. The first-order valence-corrected chi connectivity index (χ1v) is 4.96. The first kappa shape index (κ1) is 11.0. The highest BCUT2D eigenvalue weighted by Gasteiger charge is 2.06. The number of nitrogens with two attached hydrogens (primary N) is 1. The van der Waals surface area contributed by atoms with Gasteiger partial charge in [0.2, 0.25) is 0 Å². The largest absolute Gasteiger partial charge is 0.371 e. The summed E-state index contributed by atoms with van der Waals surface area (Å²) in [4.78, 5) is 6.49. The van der Waals surface area contributed by atoms with Crippen molar-refractivity contribution < 1.29 is 0 Å². The van der Waals surface area contributed by atoms with E-state index in [9.17, 15) is 0 Å². The molecule has 0 aliphatic rings. The van der Waals surface area contributed by atoms with Gasteiger partial charge >= 0.3 is 0 Å². The Labute approximate surface area is 85.9 Å². The number of aromatic nitrogens is 1. The van der Waals surface area contributed by atoms with Crippen LogP contribution in [0.25, 0.3) is 0 Å². The summed E-state index contributed by atoms with van der Waals surface area (Å²) in [6.45, 7) is 6.24. The number of nitrogens with zero attached hydrogens (tertiary/aromatic N) is 2. The van der Waals surface area contributed by atoms with Crippen molar-refractivity contribution in [3.63, 3.8) is 0 Å². The highest BCUT2D eigenvalue weighted by molar-refractivity contribution is 5.44. The molecule has 0 aliphatic carbocycles. The fourth-order valence-corrected chi connectivity index (χ4v) is 1.17. The number of anilines is 1. The van der Waals surface area contributed by atoms with Crippen molar-refractivity contribution >= 4 is 5.69 Å². The molecule has 1 atom stereocenters. The van der Waals surface area contributed by atoms with Crippen LogP contribution in [0.1, 0.15) is 32.5 Å². The van der Waals surface area contributed by atoms with Crippen LogP contribution in [0.3, 0.4) is 0 Å². The Morgan fingerprint density at radius 2 is 1.93 bits per heavy atom. The van der Waals surface area contributed by atoms with Gasteiger partial charge in [0, 0.05) is 19.1 Å². The molecule has 2 N–H and O–H groups in total. The molecule has 1 heterocycles. The van der Waals surface area contributed by atoms with Gasteiger partial charge in [0.25, 0.3) is 0 Å². The van der Waals surface area contributed by atoms with E-state index in [1.807, 2.05) is 19.2 Å². The summed E-state index contributed by atoms with van der Waals surface area (Å²) >= 11 is 0. The quantitative estimate of drug-likeness (QED) is 0.797. The third-order valence-corrected chi connectivity index (χ3v) is 2.42. The molecule has 1 aromatic heterocycles. The third-order valence-electron chi connectivity index (χ3n) is 2.42. The van der Waals surface area contributed by atoms with E-state index in [4.69, 9.17) is 5.73 Å². The van der Waals surface area contributed by atoms with Gasteiger partial charge in [0.15, 0.2) is 0 Å². The van der Waals surface area contributed by atoms with Crippen molar-refractivity contribution in [2.45, 2.75) is 32.9 Å². The van der Waals surface area contributed by atoms with Crippen LogP contribution in [0.4, 0.5) is 5.69 Å². The topological polar surface area (TPSA) is 42.1 Å². The Morgan fingerprint density at radius 1 is 1.29 bits per heavy atom. The lowest BCUT2D eigenvalue weighted by atomic mass is 10.2. The zero-order chi connectivity index (χ0) is 10.7. The van der Waals surface area contributed by atoms with E-state index in [0.717, 1.165) is 11.4 Å². The summed E-state index contributed by atoms with van der Waals surface area (Å²) in [6.07, 6.45) is 1.87. The molecule has 78 valence electrons. The first-order chi connectivity index (χ1) is 6.52. The van der Waals surface area contributed by atoms with Crippen LogP contribution in [0, 0.1) is 0 Å². The van der Waals surface area contributed by atoms with E-state index in [-0.39, 0.29) is 6.04 Å². The van der Waals surface area contributed by atoms with Crippen molar-refractivity contribution in [2.75, 3.05) is 11.9 Å². The molecule has 0 unspecified atom stereocenters. The summed E-state index contributed by atoms with van der Waals surface area (Å²) in [5.74, 6) is 0. The molecule has 0 aromatic carbocycles. The van der Waals surface area contributed by atoms with Crippen LogP contribution >= 0.6 is 0 Å². The zero-order valence-electron chi connectivity index (χ0n) is 9.36. The molecule has 0 aliphatic heterocycles. The fraction of sp³-hybridized carbons (Fsp3) is 0.545. The van der Waals surface area contributed by atoms with E-state index in [0.29, 0.717) is 6.04 Å². The van der Waals surface area contributed by atoms with Gasteiger partial charge in [-0.05, 0) is 32.9 Å². The van der Waals surface area contributed by atoms with E-state index >= 15 is 0 Å². The second-order valence-electron chi connectivity index (χ2n) is 3.93. The lowest BCUT2D eigenvalue weighted by Crippen LogP contribution is -2.25. The average molecular weight is 193 g/mol. The van der Waals surface area contributed by atoms with Crippen molar-refractivity contribution in [1.82, 2.24) is 4.98 Å². The molecule has 1 aromatic rings. The van der Waals surface area contributed by atoms with Gasteiger partial charge in [-0.1, -0.05) is 0 Å². The summed E-state index contributed by atoms with van der Waals surface area (Å²) in [7, 11) is 2.06. The first-order valence-electron chi connectivity index (χ1n) is 4.96. The molecular formula is C11H19N3. The van der Waals surface area contributed by atoms with Crippen molar-refractivity contribution in [2.24, 2.45) is 5.73 Å². The summed E-state index contributed by atoms with van der Waals surface area (Å²) in [6, 6.07) is 4.54. The van der Waals surface area contributed by atoms with E-state index in [1.54, 1.807) is 0 Å². The highest BCUT2D eigenvalue weighted by Crippen LogP contribution is 2.15. The van der Waals surface area contributed by atoms with Gasteiger partial charge < -0.3 is 10.6 Å². The van der Waals surface area contributed by atoms with Crippen LogP contribution in [-0.2, 0) is 0 Å². The summed E-state index contributed by atoms with van der Waals surface area (Å²) < 4.78 is 0. The van der Waals surface area contributed by atoms with Crippen molar-refractivity contribution in [3.05, 3.63) is 24.0 Å². The van der Waals surface area contributed by atoms with Crippen LogP contribution in [0.5, 0.6) is 0 Å². The Balaban J connectivity index is 2.83. The molecule has 14 heavy (non-hydrogen) atoms. The smallest absolute Gasteiger partial charge is 0.0569 e. The molecule has 0 radical (unpaired) electrons. The maximum absolute atomic E-state index is 5.72. The second-order valence-corrected chi connectivity index (χ2v) is 3.93. The minimum atomic E-state index is 0.00778. The predicted octanol–water partition coefficient (Wildman–Crippen LogP) is 1.95. The third kappa shape index (κ3) is 2.45. The lowest BCUT2D eigenvalue weighted by Gasteiger charge is -2.23. The van der Waals surface area contributed by atoms with E-state index < -0.39 is 0 Å². The predicted molar refractivity (Wildman–Crippen MR) is 60.4 cm³/mol. The molecule has 3 nitrogen and oxygen atoms in total. The highest BCUT2D eigenvalue weighted by atomic mass is 15.1. The molecule has 3 heteroatoms. The minimum absolute atomic E-state index is 0.00778. The van der Waals surface area contributed by atoms with Gasteiger partial charge in [-0.25, -0.2) is 0 Å². The number of hydrogen-bond donors (Lipinski definition) is 1. The Morgan fingerprint density at radius 3 is 2.29 bits per heavy atom. The Bertz CT molecular complexity index is 277. The van der Waals surface area contributed by atoms with E-state index in [1.165, 1.54) is 0 Å². The SMILES string of the molecule is CC(C)N(C)c1ccc([C@@H](C)N)nc1. The molecule has 0 saturated heterocycles. The summed E-state index contributed by atoms with van der Waals surface area (Å²) in [5.41, 5.74) is 7.79. The molecule has 0 amide bonds. The summed E-state index contributed by atoms with van der Waals surface area (Å²) in [5, 5.41) is 0. The molecule has 0 spiro atoms. The normalized spacial score (nSPS) is 13.0. The number of rotatable bonds is 3. The van der Waals surface area contributed by atoms with Crippen LogP contribution in [0.2, 0.25) is 0 Å². The Kier molecular flexibility index (Phi) is 3.47. The minimum Gasteiger partial charge on any atom is -0.371 e. The molecule has 1 rings (SSSR count). The molecule has 0 bridgehead atoms. The number of pyridine rings is 1. The maximum Gasteiger partial charge on any atom is 0.0569 e. The van der Waals surface area contributed by atoms with Crippen molar-refractivity contribution in [1.29, 1.82) is 0 Å². The lowest BCUT2D eigenvalue weighted by molar-refractivity contribution is 0.745. The van der Waals surface area contributed by atoms with Gasteiger partial charge in [0.05, 0.1) is 17.6 Å². The van der Waals surface area contributed by atoms with Crippen LogP contribution in [-0.4, -0.2) is 18.1 Å². The second kappa shape index (κ2) is 4.42. The van der Waals surface area contributed by atoms with Gasteiger partial charge in [-0.15, -0.1) is 0 Å². The van der Waals surface area contributed by atoms with E-state index in [2.05, 4.69) is 36.8 Å². The van der Waals surface area contributed by atoms with Crippen molar-refractivity contribution in [3.8, 4) is 0 Å². The standard InChI is InChI=1S/C11H19N3/c1-8(2)14(4)10-5-6-11(9(3)12)13-7-10/h5-9H,12H2,1-4H3/t9-/m1/s1. The monoisotopic (exact) mass is 193 g/mol. The molecule has 0 fully saturated rings. The Hall–Kier alpha value is -1.09. The average Bonchev–Trinajstić information content (AvgIpc) is 2.16. The molecule has 0 saturated carbocycles. The van der Waals surface area contributed by atoms with Gasteiger partial charge in [0.1, 0.15) is 0 Å². The molecular weight excluding hydrogens is 174 g/mol. The maximum atomic E-state index is 5.72. The van der Waals surface area contributed by atoms with Gasteiger partial charge in [-0.2, -0.15) is 0 Å².